The average molecular weight is 332 g/mol. The Labute approximate surface area is 128 Å². The summed E-state index contributed by atoms with van der Waals surface area (Å²) in [7, 11) is 0. The summed E-state index contributed by atoms with van der Waals surface area (Å²) >= 11 is 6.16. The molecule has 1 amide bonds. The fourth-order valence-electron chi connectivity index (χ4n) is 1.36. The minimum Gasteiger partial charge on any atom is -0.348 e. The molecule has 2 aromatic rings. The summed E-state index contributed by atoms with van der Waals surface area (Å²) in [5.41, 5.74) is 0. The summed E-state index contributed by atoms with van der Waals surface area (Å²) in [6.45, 7) is 1.99. The standard InChI is InChI=1S/C11H13N3OS4/c1-7(8-4-3-5-17-8)12-9(15)6-18-11-14-13-10(16-2)19-11/h3-5,7H,6H2,1-2H3,(H,12,15). The molecule has 0 aromatic carbocycles. The van der Waals surface area contributed by atoms with Crippen molar-refractivity contribution in [2.24, 2.45) is 0 Å². The Bertz CT molecular complexity index is 526. The van der Waals surface area contributed by atoms with Gasteiger partial charge in [-0.1, -0.05) is 40.9 Å². The number of nitrogens with one attached hydrogen (secondary N) is 1. The van der Waals surface area contributed by atoms with Crippen LogP contribution < -0.4 is 5.32 Å². The molecule has 102 valence electrons. The Morgan fingerprint density at radius 1 is 1.47 bits per heavy atom. The lowest BCUT2D eigenvalue weighted by Crippen LogP contribution is -2.27. The Hall–Kier alpha value is -0.570. The minimum atomic E-state index is 0.0202. The van der Waals surface area contributed by atoms with Crippen LogP contribution in [0, 0.1) is 0 Å². The van der Waals surface area contributed by atoms with Gasteiger partial charge in [0.05, 0.1) is 11.8 Å². The van der Waals surface area contributed by atoms with Gasteiger partial charge in [0.15, 0.2) is 8.68 Å². The van der Waals surface area contributed by atoms with Crippen molar-refractivity contribution in [2.75, 3.05) is 12.0 Å². The summed E-state index contributed by atoms with van der Waals surface area (Å²) in [5.74, 6) is 0.394. The van der Waals surface area contributed by atoms with E-state index >= 15 is 0 Å². The second-order valence-electron chi connectivity index (χ2n) is 3.63. The van der Waals surface area contributed by atoms with Crippen molar-refractivity contribution in [2.45, 2.75) is 21.6 Å². The van der Waals surface area contributed by atoms with E-state index in [-0.39, 0.29) is 11.9 Å². The van der Waals surface area contributed by atoms with Gasteiger partial charge in [0, 0.05) is 4.88 Å². The first-order chi connectivity index (χ1) is 9.19. The van der Waals surface area contributed by atoms with E-state index in [1.54, 1.807) is 23.1 Å². The molecule has 0 aliphatic heterocycles. The maximum atomic E-state index is 11.8. The molecule has 1 atom stereocenters. The van der Waals surface area contributed by atoms with Crippen LogP contribution in [0.2, 0.25) is 0 Å². The minimum absolute atomic E-state index is 0.0202. The van der Waals surface area contributed by atoms with E-state index < -0.39 is 0 Å². The van der Waals surface area contributed by atoms with Crippen molar-refractivity contribution in [1.82, 2.24) is 15.5 Å². The number of thioether (sulfide) groups is 2. The first-order valence-corrected chi connectivity index (χ1v) is 9.42. The van der Waals surface area contributed by atoms with Crippen LogP contribution in [-0.2, 0) is 4.79 Å². The molecule has 0 bridgehead atoms. The highest BCUT2D eigenvalue weighted by Gasteiger charge is 2.12. The Morgan fingerprint density at radius 2 is 2.26 bits per heavy atom. The highest BCUT2D eigenvalue weighted by molar-refractivity contribution is 8.03. The van der Waals surface area contributed by atoms with Crippen molar-refractivity contribution in [3.05, 3.63) is 22.4 Å². The largest absolute Gasteiger partial charge is 0.348 e. The molecule has 0 saturated carbocycles. The maximum Gasteiger partial charge on any atom is 0.230 e. The molecule has 0 fully saturated rings. The second-order valence-corrected chi connectivity index (χ2v) is 7.86. The first kappa shape index (κ1) is 14.8. The maximum absolute atomic E-state index is 11.8. The Morgan fingerprint density at radius 3 is 2.89 bits per heavy atom. The number of carbonyl (C=O) groups excluding carboxylic acids is 1. The lowest BCUT2D eigenvalue weighted by molar-refractivity contribution is -0.119. The Kier molecular flexibility index (Phi) is 5.68. The van der Waals surface area contributed by atoms with E-state index in [1.807, 2.05) is 30.7 Å². The van der Waals surface area contributed by atoms with Crippen molar-refractivity contribution >= 4 is 52.1 Å². The number of aromatic nitrogens is 2. The van der Waals surface area contributed by atoms with E-state index in [0.29, 0.717) is 5.75 Å². The summed E-state index contributed by atoms with van der Waals surface area (Å²) < 4.78 is 1.76. The number of rotatable bonds is 6. The van der Waals surface area contributed by atoms with E-state index in [0.717, 1.165) is 8.68 Å². The zero-order chi connectivity index (χ0) is 13.7. The highest BCUT2D eigenvalue weighted by atomic mass is 32.2. The summed E-state index contributed by atoms with van der Waals surface area (Å²) in [5, 5.41) is 13.0. The monoisotopic (exact) mass is 331 g/mol. The van der Waals surface area contributed by atoms with Crippen LogP contribution >= 0.6 is 46.2 Å². The predicted octanol–water partition coefficient (Wildman–Crippen LogP) is 3.29. The quantitative estimate of drug-likeness (QED) is 0.823. The van der Waals surface area contributed by atoms with Gasteiger partial charge in [-0.15, -0.1) is 21.5 Å². The van der Waals surface area contributed by atoms with Crippen LogP contribution in [0.3, 0.4) is 0 Å². The number of carbonyl (C=O) groups is 1. The van der Waals surface area contributed by atoms with Crippen LogP contribution in [-0.4, -0.2) is 28.1 Å². The van der Waals surface area contributed by atoms with Gasteiger partial charge in [-0.3, -0.25) is 4.79 Å². The highest BCUT2D eigenvalue weighted by Crippen LogP contribution is 2.27. The lowest BCUT2D eigenvalue weighted by atomic mass is 10.3. The van der Waals surface area contributed by atoms with E-state index in [4.69, 9.17) is 0 Å². The molecule has 19 heavy (non-hydrogen) atoms. The van der Waals surface area contributed by atoms with Crippen LogP contribution in [0.5, 0.6) is 0 Å². The first-order valence-electron chi connectivity index (χ1n) is 5.52. The van der Waals surface area contributed by atoms with Crippen molar-refractivity contribution in [3.8, 4) is 0 Å². The molecule has 0 radical (unpaired) electrons. The molecule has 0 aliphatic carbocycles. The van der Waals surface area contributed by atoms with Gasteiger partial charge in [-0.05, 0) is 24.6 Å². The fourth-order valence-corrected chi connectivity index (χ4v) is 4.34. The zero-order valence-electron chi connectivity index (χ0n) is 10.5. The molecule has 4 nitrogen and oxygen atoms in total. The molecule has 1 N–H and O–H groups in total. The van der Waals surface area contributed by atoms with Gasteiger partial charge < -0.3 is 5.32 Å². The van der Waals surface area contributed by atoms with Crippen LogP contribution in [0.25, 0.3) is 0 Å². The molecule has 8 heteroatoms. The third-order valence-electron chi connectivity index (χ3n) is 2.24. The van der Waals surface area contributed by atoms with Gasteiger partial charge >= 0.3 is 0 Å². The topological polar surface area (TPSA) is 54.9 Å². The number of thiophene rings is 1. The van der Waals surface area contributed by atoms with Crippen molar-refractivity contribution in [3.63, 3.8) is 0 Å². The molecule has 0 saturated heterocycles. The molecule has 2 heterocycles. The van der Waals surface area contributed by atoms with E-state index in [1.165, 1.54) is 28.0 Å². The second kappa shape index (κ2) is 7.28. The molecule has 2 rings (SSSR count). The van der Waals surface area contributed by atoms with Crippen molar-refractivity contribution in [1.29, 1.82) is 0 Å². The summed E-state index contributed by atoms with van der Waals surface area (Å²) in [6.07, 6.45) is 1.96. The van der Waals surface area contributed by atoms with E-state index in [9.17, 15) is 4.79 Å². The van der Waals surface area contributed by atoms with Crippen LogP contribution in [0.1, 0.15) is 17.8 Å². The lowest BCUT2D eigenvalue weighted by Gasteiger charge is -2.11. The third-order valence-corrected chi connectivity index (χ3v) is 6.32. The number of hydrogen-bond donors (Lipinski definition) is 1. The van der Waals surface area contributed by atoms with Gasteiger partial charge in [0.1, 0.15) is 0 Å². The summed E-state index contributed by atoms with van der Waals surface area (Å²) in [4.78, 5) is 13.0. The number of hydrogen-bond acceptors (Lipinski definition) is 7. The van der Waals surface area contributed by atoms with E-state index in [2.05, 4.69) is 15.5 Å². The normalized spacial score (nSPS) is 12.3. The molecule has 1 unspecified atom stereocenters. The zero-order valence-corrected chi connectivity index (χ0v) is 13.7. The van der Waals surface area contributed by atoms with Crippen LogP contribution in [0.15, 0.2) is 26.2 Å². The number of amides is 1. The molecule has 0 aliphatic rings. The third kappa shape index (κ3) is 4.48. The molecule has 2 aromatic heterocycles. The van der Waals surface area contributed by atoms with Crippen LogP contribution in [0.4, 0.5) is 0 Å². The van der Waals surface area contributed by atoms with Gasteiger partial charge in [-0.25, -0.2) is 0 Å². The molecular formula is C11H13N3OS4. The summed E-state index contributed by atoms with van der Waals surface area (Å²) in [6, 6.07) is 4.07. The Balaban J connectivity index is 1.78. The smallest absolute Gasteiger partial charge is 0.230 e. The van der Waals surface area contributed by atoms with Gasteiger partial charge in [0.2, 0.25) is 5.91 Å². The average Bonchev–Trinajstić information content (AvgIpc) is 3.07. The molecular weight excluding hydrogens is 318 g/mol. The van der Waals surface area contributed by atoms with Gasteiger partial charge in [-0.2, -0.15) is 0 Å². The fraction of sp³-hybridized carbons (Fsp3) is 0.364. The SMILES string of the molecule is CSc1nnc(SCC(=O)NC(C)c2cccs2)s1. The number of nitrogens with zero attached hydrogens (tertiary/aromatic N) is 2. The van der Waals surface area contributed by atoms with Crippen molar-refractivity contribution < 1.29 is 4.79 Å². The van der Waals surface area contributed by atoms with Gasteiger partial charge in [0.25, 0.3) is 0 Å². The molecule has 0 spiro atoms. The predicted molar refractivity (Wildman–Crippen MR) is 83.3 cm³/mol.